The molecule has 2 rings (SSSR count). The fourth-order valence-corrected chi connectivity index (χ4v) is 7.60. The second kappa shape index (κ2) is 8.05. The van der Waals surface area contributed by atoms with Crippen molar-refractivity contribution in [3.63, 3.8) is 0 Å². The first-order chi connectivity index (χ1) is 9.66. The van der Waals surface area contributed by atoms with Crippen LogP contribution in [0.2, 0.25) is 51.4 Å². The number of allylic oxidation sites excluding steroid dienone is 8. The van der Waals surface area contributed by atoms with E-state index in [9.17, 15) is 0 Å². The molecule has 0 fully saturated rings. The van der Waals surface area contributed by atoms with Gasteiger partial charge in [-0.1, -0.05) is 98.2 Å². The van der Waals surface area contributed by atoms with Gasteiger partial charge < -0.3 is 0 Å². The van der Waals surface area contributed by atoms with E-state index in [-0.39, 0.29) is 35.7 Å². The fourth-order valence-electron chi connectivity index (χ4n) is 3.09. The van der Waals surface area contributed by atoms with Crippen molar-refractivity contribution in [1.82, 2.24) is 0 Å². The van der Waals surface area contributed by atoms with Crippen molar-refractivity contribution in [2.75, 3.05) is 0 Å². The van der Waals surface area contributed by atoms with Crippen LogP contribution in [0.4, 0.5) is 0 Å². The van der Waals surface area contributed by atoms with Crippen LogP contribution in [-0.2, 0) is 26.2 Å². The third-order valence-corrected chi connectivity index (χ3v) is 10.9. The van der Waals surface area contributed by atoms with Gasteiger partial charge in [0.15, 0.2) is 0 Å². The van der Waals surface area contributed by atoms with Crippen molar-refractivity contribution >= 4 is 25.7 Å². The largest absolute Gasteiger partial charge is 0.0787 e. The Morgan fingerprint density at radius 3 is 1.41 bits per heavy atom. The van der Waals surface area contributed by atoms with Crippen molar-refractivity contribution in [2.24, 2.45) is 11.8 Å². The fraction of sp³-hybridized carbons (Fsp3) is 0.556. The molecule has 0 aromatic rings. The summed E-state index contributed by atoms with van der Waals surface area (Å²) in [5.41, 5.74) is 0. The van der Waals surface area contributed by atoms with Crippen LogP contribution < -0.4 is 0 Å². The Bertz CT molecular complexity index is 455. The Labute approximate surface area is 161 Å². The van der Waals surface area contributed by atoms with Crippen LogP contribution in [0.3, 0.4) is 0 Å². The van der Waals surface area contributed by atoms with Gasteiger partial charge in [-0.15, -0.1) is 0 Å². The molecule has 2 aliphatic rings. The van der Waals surface area contributed by atoms with Gasteiger partial charge in [-0.25, -0.2) is 0 Å². The molecule has 0 spiro atoms. The van der Waals surface area contributed by atoms with Gasteiger partial charge in [0.05, 0.1) is 16.1 Å². The summed E-state index contributed by atoms with van der Waals surface area (Å²) in [7, 11) is -2.12. The third kappa shape index (κ3) is 5.85. The summed E-state index contributed by atoms with van der Waals surface area (Å²) >= 11 is 0. The Hall–Kier alpha value is 0.494. The first kappa shape index (κ1) is 20.5. The molecule has 2 unspecified atom stereocenters. The van der Waals surface area contributed by atoms with Crippen LogP contribution in [0.5, 0.6) is 0 Å². The van der Waals surface area contributed by atoms with Crippen molar-refractivity contribution < 1.29 is 26.2 Å². The summed E-state index contributed by atoms with van der Waals surface area (Å²) in [6.45, 7) is 14.7. The molecule has 0 amide bonds. The van der Waals surface area contributed by atoms with Crippen molar-refractivity contribution in [2.45, 2.75) is 51.4 Å². The number of hydrogen-bond acceptors (Lipinski definition) is 0. The average Bonchev–Trinajstić information content (AvgIpc) is 2.95. The van der Waals surface area contributed by atoms with Crippen LogP contribution >= 0.6 is 0 Å². The van der Waals surface area contributed by atoms with E-state index in [1.165, 1.54) is 12.1 Å². The monoisotopic (exact) mass is 422 g/mol. The van der Waals surface area contributed by atoms with Crippen LogP contribution in [0, 0.1) is 11.8 Å². The second-order valence-corrected chi connectivity index (χ2v) is 20.7. The SMILES string of the molecule is C[Si](C)(C)C1=CC(C[SiH2]CC2C=CC([Si](C)(C)C)=C2)C=C1.[Zr]. The molecule has 0 saturated carbocycles. The van der Waals surface area contributed by atoms with E-state index in [0.717, 1.165) is 11.8 Å². The molecule has 0 nitrogen and oxygen atoms in total. The molecule has 0 bridgehead atoms. The van der Waals surface area contributed by atoms with Crippen molar-refractivity contribution in [1.29, 1.82) is 0 Å². The van der Waals surface area contributed by atoms with E-state index in [1.54, 1.807) is 10.4 Å². The number of hydrogen-bond donors (Lipinski definition) is 0. The first-order valence-corrected chi connectivity index (χ1v) is 17.5. The summed E-state index contributed by atoms with van der Waals surface area (Å²) in [5, 5.41) is 3.34. The minimum absolute atomic E-state index is 0. The van der Waals surface area contributed by atoms with E-state index in [0.29, 0.717) is 0 Å². The molecule has 2 aliphatic carbocycles. The zero-order valence-corrected chi connectivity index (χ0v) is 21.1. The summed E-state index contributed by atoms with van der Waals surface area (Å²) in [4.78, 5) is 0. The van der Waals surface area contributed by atoms with Crippen LogP contribution in [-0.4, -0.2) is 25.7 Å². The topological polar surface area (TPSA) is 0 Å². The van der Waals surface area contributed by atoms with Crippen molar-refractivity contribution in [3.8, 4) is 0 Å². The summed E-state index contributed by atoms with van der Waals surface area (Å²) in [5.74, 6) is 1.54. The molecule has 0 N–H and O–H groups in total. The van der Waals surface area contributed by atoms with Gasteiger partial charge in [0, 0.05) is 35.7 Å². The van der Waals surface area contributed by atoms with Crippen LogP contribution in [0.25, 0.3) is 0 Å². The molecule has 0 heterocycles. The molecular weight excluding hydrogens is 392 g/mol. The van der Waals surface area contributed by atoms with E-state index < -0.39 is 16.1 Å². The maximum Gasteiger partial charge on any atom is 0.0771 e. The Morgan fingerprint density at radius 2 is 1.14 bits per heavy atom. The molecular formula is C18H32Si3Zr. The van der Waals surface area contributed by atoms with Crippen LogP contribution in [0.1, 0.15) is 0 Å². The minimum atomic E-state index is -1.09. The average molecular weight is 424 g/mol. The van der Waals surface area contributed by atoms with Gasteiger partial charge in [-0.05, 0) is 11.8 Å². The normalized spacial score (nSPS) is 24.8. The van der Waals surface area contributed by atoms with Gasteiger partial charge in [-0.2, -0.15) is 0 Å². The van der Waals surface area contributed by atoms with Gasteiger partial charge in [-0.3, -0.25) is 0 Å². The standard InChI is InChI=1S/C18H32Si3.Zr/c1-20(2,3)17-9-7-15(11-17)13-19-14-16-8-10-18(12-16)21(4,5)6;/h7-12,15-16H,13-14,19H2,1-6H3;. The van der Waals surface area contributed by atoms with Gasteiger partial charge in [0.25, 0.3) is 0 Å². The molecule has 22 heavy (non-hydrogen) atoms. The number of rotatable bonds is 6. The zero-order chi connectivity index (χ0) is 15.7. The molecule has 4 heteroatoms. The maximum absolute atomic E-state index is 2.58. The smallest absolute Gasteiger partial charge is 0.0771 e. The first-order valence-electron chi connectivity index (χ1n) is 8.47. The van der Waals surface area contributed by atoms with Crippen LogP contribution in [0.15, 0.2) is 46.8 Å². The van der Waals surface area contributed by atoms with Crippen molar-refractivity contribution in [3.05, 3.63) is 46.8 Å². The van der Waals surface area contributed by atoms with Gasteiger partial charge >= 0.3 is 0 Å². The maximum atomic E-state index is 2.58. The summed E-state index contributed by atoms with van der Waals surface area (Å²) in [6, 6.07) is 2.93. The van der Waals surface area contributed by atoms with E-state index in [2.05, 4.69) is 75.7 Å². The molecule has 120 valence electrons. The molecule has 0 saturated heterocycles. The quantitative estimate of drug-likeness (QED) is 0.529. The zero-order valence-electron chi connectivity index (χ0n) is 15.2. The molecule has 0 radical (unpaired) electrons. The van der Waals surface area contributed by atoms with E-state index in [4.69, 9.17) is 0 Å². The van der Waals surface area contributed by atoms with Gasteiger partial charge in [0.1, 0.15) is 0 Å². The van der Waals surface area contributed by atoms with E-state index in [1.807, 2.05) is 0 Å². The predicted molar refractivity (Wildman–Crippen MR) is 106 cm³/mol. The third-order valence-electron chi connectivity index (χ3n) is 4.64. The second-order valence-electron chi connectivity index (χ2n) is 8.72. The molecule has 0 aromatic carbocycles. The summed E-state index contributed by atoms with van der Waals surface area (Å²) in [6.07, 6.45) is 14.9. The van der Waals surface area contributed by atoms with Gasteiger partial charge in [0.2, 0.25) is 0 Å². The molecule has 0 aliphatic heterocycles. The molecule has 0 aromatic heterocycles. The van der Waals surface area contributed by atoms with E-state index >= 15 is 0 Å². The minimum Gasteiger partial charge on any atom is -0.0787 e. The summed E-state index contributed by atoms with van der Waals surface area (Å²) < 4.78 is 0. The Balaban J connectivity index is 0.00000242. The predicted octanol–water partition coefficient (Wildman–Crippen LogP) is 4.97. The Morgan fingerprint density at radius 1 is 0.773 bits per heavy atom. The molecule has 2 atom stereocenters. The Kier molecular flexibility index (Phi) is 7.51.